The van der Waals surface area contributed by atoms with Crippen molar-refractivity contribution in [1.82, 2.24) is 5.32 Å². The van der Waals surface area contributed by atoms with Gasteiger partial charge in [-0.2, -0.15) is 0 Å². The van der Waals surface area contributed by atoms with Crippen LogP contribution in [-0.4, -0.2) is 34.0 Å². The SMILES string of the molecule is C[C@@H](CCc1ccccc1)NC(=O)COc1ccc(N(C)S(=O)(=O)c2cccs2)cc1. The highest BCUT2D eigenvalue weighted by Gasteiger charge is 2.22. The number of aryl methyl sites for hydroxylation is 1. The number of nitrogens with zero attached hydrogens (tertiary/aromatic N) is 1. The molecule has 0 saturated carbocycles. The van der Waals surface area contributed by atoms with Crippen molar-refractivity contribution in [1.29, 1.82) is 0 Å². The van der Waals surface area contributed by atoms with Gasteiger partial charge in [0.1, 0.15) is 9.96 Å². The summed E-state index contributed by atoms with van der Waals surface area (Å²) in [4.78, 5) is 12.2. The molecule has 0 saturated heterocycles. The number of hydrogen-bond acceptors (Lipinski definition) is 5. The molecule has 1 heterocycles. The highest BCUT2D eigenvalue weighted by molar-refractivity contribution is 7.94. The van der Waals surface area contributed by atoms with E-state index < -0.39 is 10.0 Å². The minimum Gasteiger partial charge on any atom is -0.484 e. The van der Waals surface area contributed by atoms with Gasteiger partial charge in [-0.1, -0.05) is 36.4 Å². The van der Waals surface area contributed by atoms with Gasteiger partial charge in [0.05, 0.1) is 5.69 Å². The van der Waals surface area contributed by atoms with E-state index in [1.807, 2.05) is 25.1 Å². The maximum atomic E-state index is 12.6. The van der Waals surface area contributed by atoms with Gasteiger partial charge in [0.25, 0.3) is 15.9 Å². The van der Waals surface area contributed by atoms with Crippen molar-refractivity contribution in [3.8, 4) is 5.75 Å². The number of thiophene rings is 1. The molecule has 1 aromatic heterocycles. The molecule has 8 heteroatoms. The van der Waals surface area contributed by atoms with Crippen LogP contribution >= 0.6 is 11.3 Å². The number of sulfonamides is 1. The van der Waals surface area contributed by atoms with Crippen LogP contribution in [0.1, 0.15) is 18.9 Å². The van der Waals surface area contributed by atoms with Gasteiger partial charge in [-0.3, -0.25) is 9.10 Å². The summed E-state index contributed by atoms with van der Waals surface area (Å²) in [6.45, 7) is 1.87. The lowest BCUT2D eigenvalue weighted by Gasteiger charge is -2.19. The number of ether oxygens (including phenoxy) is 1. The predicted octanol–water partition coefficient (Wildman–Crippen LogP) is 4.09. The molecule has 3 aromatic rings. The second kappa shape index (κ2) is 10.5. The van der Waals surface area contributed by atoms with Gasteiger partial charge in [0.2, 0.25) is 0 Å². The molecule has 0 fully saturated rings. The van der Waals surface area contributed by atoms with Crippen LogP contribution in [0, 0.1) is 0 Å². The molecule has 0 radical (unpaired) electrons. The molecule has 164 valence electrons. The predicted molar refractivity (Wildman–Crippen MR) is 124 cm³/mol. The van der Waals surface area contributed by atoms with Gasteiger partial charge < -0.3 is 10.1 Å². The first-order valence-corrected chi connectivity index (χ1v) is 12.3. The number of carbonyl (C=O) groups excluding carboxylic acids is 1. The van der Waals surface area contributed by atoms with Crippen LogP contribution in [0.25, 0.3) is 0 Å². The van der Waals surface area contributed by atoms with Crippen LogP contribution in [0.2, 0.25) is 0 Å². The molecule has 2 aromatic carbocycles. The van der Waals surface area contributed by atoms with E-state index >= 15 is 0 Å². The maximum Gasteiger partial charge on any atom is 0.273 e. The number of amides is 1. The normalized spacial score (nSPS) is 12.2. The van der Waals surface area contributed by atoms with Crippen LogP contribution in [-0.2, 0) is 21.2 Å². The summed E-state index contributed by atoms with van der Waals surface area (Å²) < 4.78 is 32.2. The van der Waals surface area contributed by atoms with Crippen LogP contribution in [0.3, 0.4) is 0 Å². The standard InChI is InChI=1S/C23H26N2O4S2/c1-18(10-11-19-7-4-3-5-8-19)24-22(26)17-29-21-14-12-20(13-15-21)25(2)31(27,28)23-9-6-16-30-23/h3-9,12-16,18H,10-11,17H2,1-2H3,(H,24,26)/t18-/m0/s1. The molecule has 6 nitrogen and oxygen atoms in total. The number of benzene rings is 2. The molecule has 1 amide bonds. The molecule has 0 aliphatic carbocycles. The van der Waals surface area contributed by atoms with Crippen molar-refractivity contribution >= 4 is 33.0 Å². The van der Waals surface area contributed by atoms with Gasteiger partial charge in [0, 0.05) is 13.1 Å². The molecule has 0 bridgehead atoms. The maximum absolute atomic E-state index is 12.6. The smallest absolute Gasteiger partial charge is 0.273 e. The number of carbonyl (C=O) groups is 1. The van der Waals surface area contributed by atoms with E-state index in [1.54, 1.807) is 41.8 Å². The second-order valence-corrected chi connectivity index (χ2v) is 10.3. The van der Waals surface area contributed by atoms with E-state index in [4.69, 9.17) is 4.74 Å². The van der Waals surface area contributed by atoms with Crippen LogP contribution < -0.4 is 14.4 Å². The molecule has 0 aliphatic heterocycles. The Morgan fingerprint density at radius 2 is 1.77 bits per heavy atom. The summed E-state index contributed by atoms with van der Waals surface area (Å²) in [6, 6.07) is 20.1. The molecule has 0 spiro atoms. The Balaban J connectivity index is 1.47. The van der Waals surface area contributed by atoms with E-state index in [1.165, 1.54) is 28.3 Å². The number of nitrogens with one attached hydrogen (secondary N) is 1. The molecule has 31 heavy (non-hydrogen) atoms. The van der Waals surface area contributed by atoms with Crippen molar-refractivity contribution in [2.45, 2.75) is 30.0 Å². The summed E-state index contributed by atoms with van der Waals surface area (Å²) in [5, 5.41) is 4.66. The summed E-state index contributed by atoms with van der Waals surface area (Å²) in [5.41, 5.74) is 1.76. The van der Waals surface area contributed by atoms with Gasteiger partial charge >= 0.3 is 0 Å². The van der Waals surface area contributed by atoms with Gasteiger partial charge in [-0.05, 0) is 61.0 Å². The number of rotatable bonds is 10. The fraction of sp³-hybridized carbons (Fsp3) is 0.261. The van der Waals surface area contributed by atoms with Gasteiger partial charge in [-0.15, -0.1) is 11.3 Å². The molecular weight excluding hydrogens is 432 g/mol. The summed E-state index contributed by atoms with van der Waals surface area (Å²) in [5.74, 6) is 0.305. The fourth-order valence-corrected chi connectivity index (χ4v) is 5.36. The Morgan fingerprint density at radius 1 is 1.06 bits per heavy atom. The first-order chi connectivity index (χ1) is 14.9. The molecule has 1 atom stereocenters. The van der Waals surface area contributed by atoms with Crippen molar-refractivity contribution in [2.75, 3.05) is 18.0 Å². The van der Waals surface area contributed by atoms with Crippen LogP contribution in [0.5, 0.6) is 5.75 Å². The minimum atomic E-state index is -3.58. The molecule has 3 rings (SSSR count). The Hall–Kier alpha value is -2.84. The third kappa shape index (κ3) is 6.32. The zero-order valence-electron chi connectivity index (χ0n) is 17.5. The van der Waals surface area contributed by atoms with Crippen LogP contribution in [0.15, 0.2) is 76.3 Å². The zero-order valence-corrected chi connectivity index (χ0v) is 19.2. The number of hydrogen-bond donors (Lipinski definition) is 1. The van der Waals surface area contributed by atoms with Crippen molar-refractivity contribution in [3.05, 3.63) is 77.7 Å². The second-order valence-electron chi connectivity index (χ2n) is 7.18. The van der Waals surface area contributed by atoms with Gasteiger partial charge in [0.15, 0.2) is 6.61 Å². The first-order valence-electron chi connectivity index (χ1n) is 9.95. The van der Waals surface area contributed by atoms with Crippen molar-refractivity contribution in [3.63, 3.8) is 0 Å². The van der Waals surface area contributed by atoms with E-state index in [-0.39, 0.29) is 22.8 Å². The van der Waals surface area contributed by atoms with E-state index in [0.717, 1.165) is 12.8 Å². The van der Waals surface area contributed by atoms with E-state index in [9.17, 15) is 13.2 Å². The zero-order chi connectivity index (χ0) is 22.3. The highest BCUT2D eigenvalue weighted by Crippen LogP contribution is 2.26. The number of anilines is 1. The molecule has 0 unspecified atom stereocenters. The quantitative estimate of drug-likeness (QED) is 0.497. The average Bonchev–Trinajstić information content (AvgIpc) is 3.33. The van der Waals surface area contributed by atoms with Crippen molar-refractivity contribution in [2.24, 2.45) is 0 Å². The largest absolute Gasteiger partial charge is 0.484 e. The third-order valence-corrected chi connectivity index (χ3v) is 7.95. The van der Waals surface area contributed by atoms with Crippen molar-refractivity contribution < 1.29 is 17.9 Å². The molecule has 0 aliphatic rings. The lowest BCUT2D eigenvalue weighted by molar-refractivity contribution is -0.123. The lowest BCUT2D eigenvalue weighted by atomic mass is 10.1. The Labute approximate surface area is 187 Å². The minimum absolute atomic E-state index is 0.0368. The third-order valence-electron chi connectivity index (χ3n) is 4.80. The van der Waals surface area contributed by atoms with E-state index in [2.05, 4.69) is 17.4 Å². The molecule has 1 N–H and O–H groups in total. The van der Waals surface area contributed by atoms with E-state index in [0.29, 0.717) is 11.4 Å². The Bertz CT molecular complexity index is 1070. The summed E-state index contributed by atoms with van der Waals surface area (Å²) in [7, 11) is -2.07. The summed E-state index contributed by atoms with van der Waals surface area (Å²) >= 11 is 1.18. The Kier molecular flexibility index (Phi) is 7.70. The molecular formula is C23H26N2O4S2. The average molecular weight is 459 g/mol. The lowest BCUT2D eigenvalue weighted by Crippen LogP contribution is -2.36. The monoisotopic (exact) mass is 458 g/mol. The highest BCUT2D eigenvalue weighted by atomic mass is 32.2. The summed E-state index contributed by atoms with van der Waals surface area (Å²) in [6.07, 6.45) is 1.74. The fourth-order valence-electron chi connectivity index (χ4n) is 3.00. The van der Waals surface area contributed by atoms with Crippen LogP contribution in [0.4, 0.5) is 5.69 Å². The van der Waals surface area contributed by atoms with Gasteiger partial charge in [-0.25, -0.2) is 8.42 Å². The topological polar surface area (TPSA) is 75.7 Å². The Morgan fingerprint density at radius 3 is 2.42 bits per heavy atom. The first kappa shape index (κ1) is 22.8.